The van der Waals surface area contributed by atoms with Crippen molar-refractivity contribution in [2.75, 3.05) is 25.6 Å². The van der Waals surface area contributed by atoms with Crippen LogP contribution in [0, 0.1) is 0 Å². The molecule has 8 atom stereocenters. The molecule has 0 radical (unpaired) electrons. The molecule has 402 valence electrons. The number of rotatable bonds is 40. The number of anilines is 1. The van der Waals surface area contributed by atoms with Gasteiger partial charge in [0.1, 0.15) is 30.7 Å². The van der Waals surface area contributed by atoms with Gasteiger partial charge in [-0.05, 0) is 76.7 Å². The SMILES string of the molecule is CC/C=C\C/C=C\CC(O)/C=C/C=C\C/C=C\CCCC(=O)O[C@H](COC(=O)CCCCCCCCC/C=C\CCCCCC)COP(=O)(O)OP(=O)(O)OC[C@H]1O[C@@H](n2ccc(N)nc2=O)[C@H](O)[C@@H]1O. The highest BCUT2D eigenvalue weighted by molar-refractivity contribution is 7.61. The zero-order chi connectivity index (χ0) is 52.2. The first-order chi connectivity index (χ1) is 34.1. The molecule has 0 aliphatic carbocycles. The normalized spacial score (nSPS) is 20.2. The minimum atomic E-state index is -5.45. The van der Waals surface area contributed by atoms with Crippen molar-refractivity contribution in [3.8, 4) is 0 Å². The summed E-state index contributed by atoms with van der Waals surface area (Å²) in [5.74, 6) is -1.42. The fourth-order valence-electron chi connectivity index (χ4n) is 6.96. The minimum Gasteiger partial charge on any atom is -0.462 e. The van der Waals surface area contributed by atoms with E-state index in [2.05, 4.69) is 47.4 Å². The number of allylic oxidation sites excluding steroid dienone is 10. The third-order valence-corrected chi connectivity index (χ3v) is 13.5. The first kappa shape index (κ1) is 63.3. The van der Waals surface area contributed by atoms with E-state index >= 15 is 0 Å². The zero-order valence-corrected chi connectivity index (χ0v) is 43.4. The molecular weight excluding hydrogens is 961 g/mol. The summed E-state index contributed by atoms with van der Waals surface area (Å²) < 4.78 is 56.6. The molecule has 7 N–H and O–H groups in total. The molecule has 1 aromatic heterocycles. The Kier molecular flexibility index (Phi) is 33.7. The third kappa shape index (κ3) is 30.7. The smallest absolute Gasteiger partial charge is 0.462 e. The van der Waals surface area contributed by atoms with Crippen molar-refractivity contribution in [3.63, 3.8) is 0 Å². The minimum absolute atomic E-state index is 0.0640. The van der Waals surface area contributed by atoms with Gasteiger partial charge in [0.05, 0.1) is 19.3 Å². The van der Waals surface area contributed by atoms with Crippen LogP contribution in [0.4, 0.5) is 5.82 Å². The Balaban J connectivity index is 1.85. The lowest BCUT2D eigenvalue weighted by molar-refractivity contribution is -0.161. The van der Waals surface area contributed by atoms with E-state index in [1.54, 1.807) is 12.2 Å². The van der Waals surface area contributed by atoms with Gasteiger partial charge in [-0.3, -0.25) is 23.2 Å². The van der Waals surface area contributed by atoms with E-state index in [0.717, 1.165) is 75.0 Å². The number of carbonyl (C=O) groups excluding carboxylic acids is 2. The predicted molar refractivity (Wildman–Crippen MR) is 271 cm³/mol. The van der Waals surface area contributed by atoms with Crippen molar-refractivity contribution in [2.45, 2.75) is 185 Å². The molecule has 0 aromatic carbocycles. The number of esters is 2. The van der Waals surface area contributed by atoms with E-state index in [4.69, 9.17) is 29.0 Å². The molecule has 2 heterocycles. The van der Waals surface area contributed by atoms with Gasteiger partial charge in [-0.1, -0.05) is 138 Å². The monoisotopic (exact) mass is 1040 g/mol. The molecule has 0 bridgehead atoms. The van der Waals surface area contributed by atoms with E-state index in [-0.39, 0.29) is 18.7 Å². The summed E-state index contributed by atoms with van der Waals surface area (Å²) in [6, 6.07) is 1.24. The van der Waals surface area contributed by atoms with Crippen LogP contribution in [-0.2, 0) is 46.3 Å². The summed E-state index contributed by atoms with van der Waals surface area (Å²) in [5.41, 5.74) is 4.57. The van der Waals surface area contributed by atoms with Crippen molar-refractivity contribution in [1.29, 1.82) is 0 Å². The van der Waals surface area contributed by atoms with Crippen molar-refractivity contribution < 1.29 is 71.4 Å². The molecule has 1 aromatic rings. The number of nitrogen functional groups attached to an aromatic ring is 1. The number of ether oxygens (including phenoxy) is 3. The molecule has 1 aliphatic rings. The standard InChI is InChI=1S/C50H81N3O16P2/c1-3-5-7-9-11-12-13-14-15-16-17-18-22-26-30-34-45(55)64-38-42(67-46(56)35-31-27-23-20-19-21-25-29-33-41(54)32-28-24-10-8-6-4-2)39-65-70(60,61)69-71(62,63)66-40-43-47(57)48(58)49(68-43)53-37-36-44(51)52-50(53)59/h6,8,12-13,20-21,23-25,28-29,33,36-37,41-43,47-49,54,57-58H,3-5,7,9-11,14-19,22,26-27,30-32,34-35,38-40H2,1-2H3,(H,60,61)(H,62,63)(H2,51,52,59)/b8-6-,13-12-,23-20-,25-21-,28-24-,33-29+/t41?,42-,43-,47-,48-,49-/m1/s1. The second-order valence-electron chi connectivity index (χ2n) is 17.1. The van der Waals surface area contributed by atoms with Gasteiger partial charge in [0.15, 0.2) is 12.3 Å². The first-order valence-corrected chi connectivity index (χ1v) is 28.0. The number of aliphatic hydroxyl groups is 3. The highest BCUT2D eigenvalue weighted by Gasteiger charge is 2.46. The lowest BCUT2D eigenvalue weighted by atomic mass is 10.1. The fourth-order valence-corrected chi connectivity index (χ4v) is 9.07. The van der Waals surface area contributed by atoms with Gasteiger partial charge < -0.3 is 45.1 Å². The van der Waals surface area contributed by atoms with Crippen molar-refractivity contribution >= 4 is 33.4 Å². The Labute approximate surface area is 419 Å². The van der Waals surface area contributed by atoms with Crippen LogP contribution in [0.2, 0.25) is 0 Å². The molecule has 21 heteroatoms. The molecule has 2 rings (SSSR count). The number of phosphoric ester groups is 2. The van der Waals surface area contributed by atoms with E-state index in [1.807, 2.05) is 36.5 Å². The highest BCUT2D eigenvalue weighted by Crippen LogP contribution is 2.60. The molecule has 1 aliphatic heterocycles. The van der Waals surface area contributed by atoms with Gasteiger partial charge in [0.25, 0.3) is 0 Å². The molecule has 1 fully saturated rings. The summed E-state index contributed by atoms with van der Waals surface area (Å²) >= 11 is 0. The average Bonchev–Trinajstić information content (AvgIpc) is 3.60. The first-order valence-electron chi connectivity index (χ1n) is 25.1. The largest absolute Gasteiger partial charge is 0.481 e. The van der Waals surface area contributed by atoms with Gasteiger partial charge in [-0.15, -0.1) is 0 Å². The number of phosphoric acid groups is 2. The van der Waals surface area contributed by atoms with Crippen molar-refractivity contribution in [3.05, 3.63) is 95.7 Å². The van der Waals surface area contributed by atoms with Gasteiger partial charge in [-0.25, -0.2) is 13.9 Å². The van der Waals surface area contributed by atoms with E-state index in [0.29, 0.717) is 32.1 Å². The number of nitrogens with zero attached hydrogens (tertiary/aromatic N) is 2. The second-order valence-corrected chi connectivity index (χ2v) is 20.2. The van der Waals surface area contributed by atoms with Crippen molar-refractivity contribution in [2.24, 2.45) is 0 Å². The number of aromatic nitrogens is 2. The number of unbranched alkanes of at least 4 members (excludes halogenated alkanes) is 12. The Morgan fingerprint density at radius 2 is 1.37 bits per heavy atom. The van der Waals surface area contributed by atoms with Crippen LogP contribution >= 0.6 is 15.6 Å². The van der Waals surface area contributed by atoms with Gasteiger partial charge >= 0.3 is 33.3 Å². The van der Waals surface area contributed by atoms with Gasteiger partial charge in [-0.2, -0.15) is 9.29 Å². The zero-order valence-electron chi connectivity index (χ0n) is 41.6. The maximum absolute atomic E-state index is 12.8. The van der Waals surface area contributed by atoms with Crippen LogP contribution < -0.4 is 11.4 Å². The Morgan fingerprint density at radius 3 is 2.07 bits per heavy atom. The summed E-state index contributed by atoms with van der Waals surface area (Å²) in [7, 11) is -10.9. The summed E-state index contributed by atoms with van der Waals surface area (Å²) in [6.45, 7) is 1.88. The molecular formula is C50H81N3O16P2. The van der Waals surface area contributed by atoms with Crippen LogP contribution in [0.25, 0.3) is 0 Å². The second kappa shape index (κ2) is 37.8. The molecule has 0 saturated carbocycles. The van der Waals surface area contributed by atoms with E-state index in [1.165, 1.54) is 31.7 Å². The van der Waals surface area contributed by atoms with Crippen molar-refractivity contribution in [1.82, 2.24) is 9.55 Å². The number of hydrogen-bond acceptors (Lipinski definition) is 16. The van der Waals surface area contributed by atoms with E-state index < -0.39 is 89.8 Å². The number of hydrogen-bond donors (Lipinski definition) is 6. The quantitative estimate of drug-likeness (QED) is 0.0117. The topological polar surface area (TPSA) is 286 Å². The molecule has 19 nitrogen and oxygen atoms in total. The highest BCUT2D eigenvalue weighted by atomic mass is 31.3. The molecule has 1 saturated heterocycles. The fraction of sp³-hybridized carbons (Fsp3) is 0.640. The maximum Gasteiger partial charge on any atom is 0.481 e. The Hall–Kier alpha value is -3.84. The van der Waals surface area contributed by atoms with Crippen LogP contribution in [-0.4, -0.2) is 96.9 Å². The van der Waals surface area contributed by atoms with Crippen LogP contribution in [0.5, 0.6) is 0 Å². The van der Waals surface area contributed by atoms with Crippen LogP contribution in [0.1, 0.15) is 155 Å². The van der Waals surface area contributed by atoms with Gasteiger partial charge in [0, 0.05) is 19.0 Å². The molecule has 0 amide bonds. The van der Waals surface area contributed by atoms with Crippen LogP contribution in [0.3, 0.4) is 0 Å². The third-order valence-electron chi connectivity index (χ3n) is 10.9. The summed E-state index contributed by atoms with van der Waals surface area (Å²) in [4.78, 5) is 61.9. The summed E-state index contributed by atoms with van der Waals surface area (Å²) in [5, 5.41) is 31.0. The van der Waals surface area contributed by atoms with Crippen LogP contribution in [0.15, 0.2) is 90.0 Å². The maximum atomic E-state index is 12.8. The Morgan fingerprint density at radius 1 is 0.761 bits per heavy atom. The molecule has 0 spiro atoms. The molecule has 3 unspecified atom stereocenters. The average molecular weight is 1040 g/mol. The molecule has 71 heavy (non-hydrogen) atoms. The predicted octanol–water partition coefficient (Wildman–Crippen LogP) is 9.08. The number of aliphatic hydroxyl groups excluding tert-OH is 3. The van der Waals surface area contributed by atoms with E-state index in [9.17, 15) is 48.6 Å². The summed E-state index contributed by atoms with van der Waals surface area (Å²) in [6.07, 6.45) is 34.5. The number of carbonyl (C=O) groups is 2. The lowest BCUT2D eigenvalue weighted by Crippen LogP contribution is -2.36. The van der Waals surface area contributed by atoms with Gasteiger partial charge in [0.2, 0.25) is 0 Å². The Bertz CT molecular complexity index is 1990. The number of nitrogens with two attached hydrogens (primary N) is 1. The lowest BCUT2D eigenvalue weighted by Gasteiger charge is -2.21.